The van der Waals surface area contributed by atoms with Gasteiger partial charge in [0.05, 0.1) is 18.9 Å². The smallest absolute Gasteiger partial charge is 0.224 e. The Morgan fingerprint density at radius 2 is 2.29 bits per heavy atom. The van der Waals surface area contributed by atoms with Crippen LogP contribution < -0.4 is 10.1 Å². The van der Waals surface area contributed by atoms with E-state index in [1.807, 2.05) is 31.2 Å². The van der Waals surface area contributed by atoms with Crippen LogP contribution in [0.2, 0.25) is 0 Å². The summed E-state index contributed by atoms with van der Waals surface area (Å²) in [5.74, 6) is 0.747. The number of amides is 1. The molecule has 0 aromatic heterocycles. The molecule has 0 aliphatic rings. The number of methoxy groups -OCH3 is 1. The molecule has 4 heteroatoms. The van der Waals surface area contributed by atoms with E-state index in [2.05, 4.69) is 5.32 Å². The molecular weight excluding hydrogens is 238 g/mol. The van der Waals surface area contributed by atoms with Crippen LogP contribution >= 0.6 is 11.6 Å². The fraction of sp³-hybridized carbons (Fsp3) is 0.462. The molecule has 1 unspecified atom stereocenters. The van der Waals surface area contributed by atoms with E-state index in [-0.39, 0.29) is 11.3 Å². The van der Waals surface area contributed by atoms with E-state index in [1.54, 1.807) is 7.11 Å². The molecular formula is C13H18ClNO2. The Morgan fingerprint density at radius 1 is 1.53 bits per heavy atom. The normalized spacial score (nSPS) is 11.9. The molecule has 1 aromatic carbocycles. The van der Waals surface area contributed by atoms with Crippen molar-refractivity contribution in [2.45, 2.75) is 25.1 Å². The van der Waals surface area contributed by atoms with Gasteiger partial charge in [-0.1, -0.05) is 19.1 Å². The summed E-state index contributed by atoms with van der Waals surface area (Å²) in [6, 6.07) is 7.49. The molecule has 0 spiro atoms. The number of alkyl halides is 1. The number of rotatable bonds is 6. The summed E-state index contributed by atoms with van der Waals surface area (Å²) in [4.78, 5) is 11.6. The summed E-state index contributed by atoms with van der Waals surface area (Å²) in [5, 5.41) is 2.81. The second-order valence-corrected chi connectivity index (χ2v) is 4.46. The second-order valence-electron chi connectivity index (χ2n) is 3.84. The maximum Gasteiger partial charge on any atom is 0.224 e. The summed E-state index contributed by atoms with van der Waals surface area (Å²) in [5.41, 5.74) is 0.935. The van der Waals surface area contributed by atoms with Crippen LogP contribution in [-0.2, 0) is 11.2 Å². The molecule has 0 aliphatic heterocycles. The van der Waals surface area contributed by atoms with Crippen molar-refractivity contribution in [1.82, 2.24) is 5.32 Å². The van der Waals surface area contributed by atoms with E-state index in [0.717, 1.165) is 17.7 Å². The van der Waals surface area contributed by atoms with Gasteiger partial charge < -0.3 is 10.1 Å². The van der Waals surface area contributed by atoms with Gasteiger partial charge in [-0.15, -0.1) is 11.6 Å². The topological polar surface area (TPSA) is 38.3 Å². The minimum atomic E-state index is -0.0163. The lowest BCUT2D eigenvalue weighted by molar-refractivity contribution is -0.120. The summed E-state index contributed by atoms with van der Waals surface area (Å²) >= 11 is 5.93. The number of carbonyl (C=O) groups is 1. The Hall–Kier alpha value is -1.22. The van der Waals surface area contributed by atoms with Gasteiger partial charge >= 0.3 is 0 Å². The fourth-order valence-electron chi connectivity index (χ4n) is 1.40. The molecule has 1 aromatic rings. The van der Waals surface area contributed by atoms with Crippen LogP contribution in [0.15, 0.2) is 24.3 Å². The highest BCUT2D eigenvalue weighted by atomic mass is 35.5. The first kappa shape index (κ1) is 13.8. The number of hydrogen-bond donors (Lipinski definition) is 1. The van der Waals surface area contributed by atoms with Gasteiger partial charge in [0.1, 0.15) is 5.75 Å². The Bertz CT molecular complexity index is 368. The van der Waals surface area contributed by atoms with Gasteiger partial charge in [0, 0.05) is 6.54 Å². The van der Waals surface area contributed by atoms with Crippen LogP contribution in [0, 0.1) is 0 Å². The monoisotopic (exact) mass is 255 g/mol. The molecule has 94 valence electrons. The third kappa shape index (κ3) is 5.09. The van der Waals surface area contributed by atoms with Crippen LogP contribution in [0.4, 0.5) is 0 Å². The fourth-order valence-corrected chi connectivity index (χ4v) is 1.48. The van der Waals surface area contributed by atoms with Crippen molar-refractivity contribution in [3.05, 3.63) is 29.8 Å². The van der Waals surface area contributed by atoms with Crippen molar-refractivity contribution >= 4 is 17.5 Å². The number of carbonyl (C=O) groups excluding carboxylic acids is 1. The Kier molecular flexibility index (Phi) is 5.84. The average Bonchev–Trinajstić information content (AvgIpc) is 2.36. The zero-order valence-corrected chi connectivity index (χ0v) is 11.0. The highest BCUT2D eigenvalue weighted by molar-refractivity contribution is 6.20. The van der Waals surface area contributed by atoms with E-state index in [0.29, 0.717) is 13.0 Å². The summed E-state index contributed by atoms with van der Waals surface area (Å²) < 4.78 is 5.10. The van der Waals surface area contributed by atoms with E-state index >= 15 is 0 Å². The van der Waals surface area contributed by atoms with Gasteiger partial charge in [0.25, 0.3) is 0 Å². The van der Waals surface area contributed by atoms with Crippen LogP contribution in [0.3, 0.4) is 0 Å². The van der Waals surface area contributed by atoms with Gasteiger partial charge in [-0.05, 0) is 24.1 Å². The van der Waals surface area contributed by atoms with Crippen molar-refractivity contribution in [3.63, 3.8) is 0 Å². The van der Waals surface area contributed by atoms with E-state index < -0.39 is 0 Å². The van der Waals surface area contributed by atoms with Gasteiger partial charge in [-0.3, -0.25) is 4.79 Å². The highest BCUT2D eigenvalue weighted by Crippen LogP contribution is 2.12. The molecule has 0 radical (unpaired) electrons. The van der Waals surface area contributed by atoms with Crippen molar-refractivity contribution < 1.29 is 9.53 Å². The SMILES string of the molecule is CCC(Cl)CNC(=O)Cc1cccc(OC)c1. The molecule has 17 heavy (non-hydrogen) atoms. The van der Waals surface area contributed by atoms with Gasteiger partial charge in [0.2, 0.25) is 5.91 Å². The highest BCUT2D eigenvalue weighted by Gasteiger charge is 2.06. The Morgan fingerprint density at radius 3 is 2.94 bits per heavy atom. The summed E-state index contributed by atoms with van der Waals surface area (Å²) in [6.45, 7) is 2.51. The zero-order valence-electron chi connectivity index (χ0n) is 10.2. The second kappa shape index (κ2) is 7.17. The molecule has 1 rings (SSSR count). The van der Waals surface area contributed by atoms with Crippen molar-refractivity contribution in [2.75, 3.05) is 13.7 Å². The van der Waals surface area contributed by atoms with Crippen molar-refractivity contribution in [1.29, 1.82) is 0 Å². The molecule has 0 fully saturated rings. The molecule has 0 saturated carbocycles. The third-order valence-corrected chi connectivity index (χ3v) is 2.93. The maximum absolute atomic E-state index is 11.6. The van der Waals surface area contributed by atoms with Crippen molar-refractivity contribution in [3.8, 4) is 5.75 Å². The van der Waals surface area contributed by atoms with Crippen LogP contribution in [0.5, 0.6) is 5.75 Å². The molecule has 3 nitrogen and oxygen atoms in total. The minimum absolute atomic E-state index is 0.00394. The Labute approximate surface area is 107 Å². The number of hydrogen-bond acceptors (Lipinski definition) is 2. The van der Waals surface area contributed by atoms with Crippen LogP contribution in [0.1, 0.15) is 18.9 Å². The lowest BCUT2D eigenvalue weighted by Gasteiger charge is -2.09. The van der Waals surface area contributed by atoms with Crippen molar-refractivity contribution in [2.24, 2.45) is 0 Å². The average molecular weight is 256 g/mol. The van der Waals surface area contributed by atoms with E-state index in [1.165, 1.54) is 0 Å². The molecule has 1 N–H and O–H groups in total. The number of halogens is 1. The summed E-state index contributed by atoms with van der Waals surface area (Å²) in [7, 11) is 1.61. The van der Waals surface area contributed by atoms with Crippen LogP contribution in [0.25, 0.3) is 0 Å². The maximum atomic E-state index is 11.6. The summed E-state index contributed by atoms with van der Waals surface area (Å²) in [6.07, 6.45) is 1.20. The minimum Gasteiger partial charge on any atom is -0.497 e. The molecule has 0 bridgehead atoms. The first-order valence-electron chi connectivity index (χ1n) is 5.69. The van der Waals surface area contributed by atoms with Gasteiger partial charge in [-0.25, -0.2) is 0 Å². The van der Waals surface area contributed by atoms with E-state index in [9.17, 15) is 4.79 Å². The quantitative estimate of drug-likeness (QED) is 0.793. The molecule has 0 heterocycles. The Balaban J connectivity index is 2.44. The lowest BCUT2D eigenvalue weighted by atomic mass is 10.1. The van der Waals surface area contributed by atoms with Gasteiger partial charge in [0.15, 0.2) is 0 Å². The first-order valence-corrected chi connectivity index (χ1v) is 6.13. The molecule has 1 atom stereocenters. The predicted molar refractivity (Wildman–Crippen MR) is 69.6 cm³/mol. The predicted octanol–water partition coefficient (Wildman–Crippen LogP) is 2.37. The number of ether oxygens (including phenoxy) is 1. The van der Waals surface area contributed by atoms with Gasteiger partial charge in [-0.2, -0.15) is 0 Å². The lowest BCUT2D eigenvalue weighted by Crippen LogP contribution is -2.30. The number of benzene rings is 1. The third-order valence-electron chi connectivity index (χ3n) is 2.46. The van der Waals surface area contributed by atoms with Crippen LogP contribution in [-0.4, -0.2) is 24.9 Å². The van der Waals surface area contributed by atoms with E-state index in [4.69, 9.17) is 16.3 Å². The zero-order chi connectivity index (χ0) is 12.7. The molecule has 0 aliphatic carbocycles. The molecule has 1 amide bonds. The first-order chi connectivity index (χ1) is 8.15. The number of nitrogens with one attached hydrogen (secondary N) is 1. The largest absolute Gasteiger partial charge is 0.497 e. The molecule has 0 saturated heterocycles. The standard InChI is InChI=1S/C13H18ClNO2/c1-3-11(14)9-15-13(16)8-10-5-4-6-12(7-10)17-2/h4-7,11H,3,8-9H2,1-2H3,(H,15,16).